The lowest BCUT2D eigenvalue weighted by Crippen LogP contribution is -2.43. The van der Waals surface area contributed by atoms with E-state index in [4.69, 9.17) is 10.5 Å². The summed E-state index contributed by atoms with van der Waals surface area (Å²) in [5.41, 5.74) is 6.75. The highest BCUT2D eigenvalue weighted by Crippen LogP contribution is 2.18. The molecule has 4 nitrogen and oxygen atoms in total. The molecule has 1 atom stereocenters. The average Bonchev–Trinajstić information content (AvgIpc) is 2.45. The highest BCUT2D eigenvalue weighted by Gasteiger charge is 2.26. The number of ether oxygens (including phenoxy) is 1. The quantitative estimate of drug-likeness (QED) is 0.652. The third-order valence-corrected chi connectivity index (χ3v) is 5.72. The van der Waals surface area contributed by atoms with E-state index in [9.17, 15) is 13.6 Å². The number of halogens is 2. The molecule has 0 aromatic heterocycles. The molecule has 0 fully saturated rings. The van der Waals surface area contributed by atoms with E-state index in [-0.39, 0.29) is 10.9 Å². The molecular weight excluding hydrogens is 318 g/mol. The second-order valence-corrected chi connectivity index (χ2v) is 11.6. The first-order chi connectivity index (χ1) is 10.7. The first-order valence-corrected chi connectivity index (χ1v) is 11.0. The summed E-state index contributed by atoms with van der Waals surface area (Å²) in [5, 5.41) is 2.62. The van der Waals surface area contributed by atoms with Crippen molar-refractivity contribution in [1.82, 2.24) is 0 Å². The van der Waals surface area contributed by atoms with Gasteiger partial charge in [-0.05, 0) is 24.1 Å². The molecule has 1 aliphatic heterocycles. The van der Waals surface area contributed by atoms with E-state index in [0.29, 0.717) is 19.6 Å². The van der Waals surface area contributed by atoms with Crippen LogP contribution in [0.2, 0.25) is 19.6 Å². The van der Waals surface area contributed by atoms with Gasteiger partial charge in [0.1, 0.15) is 17.7 Å². The lowest BCUT2D eigenvalue weighted by atomic mass is 10.0. The van der Waals surface area contributed by atoms with Gasteiger partial charge >= 0.3 is 0 Å². The topological polar surface area (TPSA) is 64.4 Å². The summed E-state index contributed by atoms with van der Waals surface area (Å²) in [7, 11) is -2.14. The highest BCUT2D eigenvalue weighted by atomic mass is 28.3. The summed E-state index contributed by atoms with van der Waals surface area (Å²) in [6.07, 6.45) is 2.34. The first-order valence-electron chi connectivity index (χ1n) is 7.53. The number of carbonyl (C=O) groups is 1. The van der Waals surface area contributed by atoms with Crippen molar-refractivity contribution in [1.29, 1.82) is 0 Å². The number of rotatable bonds is 4. The second kappa shape index (κ2) is 6.90. The summed E-state index contributed by atoms with van der Waals surface area (Å²) in [6.45, 7) is 6.52. The van der Waals surface area contributed by atoms with Crippen LogP contribution in [0.3, 0.4) is 0 Å². The Hall–Kier alpha value is -1.57. The summed E-state index contributed by atoms with van der Waals surface area (Å²) >= 11 is 0. The zero-order valence-corrected chi connectivity index (χ0v) is 14.6. The van der Waals surface area contributed by atoms with E-state index in [2.05, 4.69) is 5.32 Å². The standard InChI is InChI=1S/C16H22F2N2O2Si/c1-23(2,3)15-12(17)8-11(9-13(15)18)20-16(21)14(19)10-4-6-22-7-5-10/h4,8-9,14H,5-7,19H2,1-3H3,(H,20,21). The third-order valence-electron chi connectivity index (χ3n) is 3.74. The van der Waals surface area contributed by atoms with Crippen molar-refractivity contribution in [2.24, 2.45) is 5.73 Å². The van der Waals surface area contributed by atoms with Crippen LogP contribution < -0.4 is 16.2 Å². The summed E-state index contributed by atoms with van der Waals surface area (Å²) < 4.78 is 33.6. The summed E-state index contributed by atoms with van der Waals surface area (Å²) in [5.74, 6) is -1.74. The van der Waals surface area contributed by atoms with Crippen LogP contribution in [0.1, 0.15) is 6.42 Å². The van der Waals surface area contributed by atoms with Crippen molar-refractivity contribution < 1.29 is 18.3 Å². The molecule has 0 saturated heterocycles. The van der Waals surface area contributed by atoms with Crippen LogP contribution >= 0.6 is 0 Å². The van der Waals surface area contributed by atoms with Gasteiger partial charge < -0.3 is 15.8 Å². The van der Waals surface area contributed by atoms with Crippen LogP contribution in [0, 0.1) is 11.6 Å². The van der Waals surface area contributed by atoms with E-state index in [1.807, 2.05) is 19.6 Å². The van der Waals surface area contributed by atoms with Gasteiger partial charge in [-0.3, -0.25) is 4.79 Å². The molecule has 3 N–H and O–H groups in total. The molecule has 126 valence electrons. The van der Waals surface area contributed by atoms with Gasteiger partial charge in [-0.2, -0.15) is 0 Å². The molecule has 1 unspecified atom stereocenters. The smallest absolute Gasteiger partial charge is 0.245 e. The molecule has 1 amide bonds. The zero-order valence-electron chi connectivity index (χ0n) is 13.6. The second-order valence-electron chi connectivity index (χ2n) is 6.64. The van der Waals surface area contributed by atoms with Crippen molar-refractivity contribution in [3.05, 3.63) is 35.4 Å². The number of carbonyl (C=O) groups excluding carboxylic acids is 1. The van der Waals surface area contributed by atoms with Gasteiger partial charge in [-0.25, -0.2) is 8.78 Å². The molecule has 0 saturated carbocycles. The van der Waals surface area contributed by atoms with Crippen molar-refractivity contribution in [3.8, 4) is 0 Å². The van der Waals surface area contributed by atoms with Crippen LogP contribution in [0.4, 0.5) is 14.5 Å². The number of amides is 1. The van der Waals surface area contributed by atoms with Crippen LogP contribution in [0.5, 0.6) is 0 Å². The van der Waals surface area contributed by atoms with E-state index in [1.54, 1.807) is 6.08 Å². The minimum atomic E-state index is -2.14. The lowest BCUT2D eigenvalue weighted by Gasteiger charge is -2.21. The molecular formula is C16H22F2N2O2Si. The predicted octanol–water partition coefficient (Wildman–Crippen LogP) is 2.12. The molecule has 23 heavy (non-hydrogen) atoms. The normalized spacial score (nSPS) is 16.7. The maximum Gasteiger partial charge on any atom is 0.245 e. The zero-order chi connectivity index (χ0) is 17.2. The molecule has 1 aromatic rings. The molecule has 1 aromatic carbocycles. The Morgan fingerprint density at radius 1 is 1.30 bits per heavy atom. The van der Waals surface area contributed by atoms with E-state index < -0.39 is 31.7 Å². The molecule has 7 heteroatoms. The van der Waals surface area contributed by atoms with Gasteiger partial charge in [0.05, 0.1) is 21.3 Å². The van der Waals surface area contributed by atoms with E-state index in [1.165, 1.54) is 0 Å². The third kappa shape index (κ3) is 4.24. The van der Waals surface area contributed by atoms with Crippen molar-refractivity contribution in [2.75, 3.05) is 18.5 Å². The first kappa shape index (κ1) is 17.8. The number of anilines is 1. The summed E-state index contributed by atoms with van der Waals surface area (Å²) in [6, 6.07) is 1.46. The average molecular weight is 340 g/mol. The summed E-state index contributed by atoms with van der Waals surface area (Å²) in [4.78, 5) is 12.2. The number of hydrogen-bond donors (Lipinski definition) is 2. The van der Waals surface area contributed by atoms with Crippen molar-refractivity contribution >= 4 is 24.9 Å². The Balaban J connectivity index is 2.17. The number of benzene rings is 1. The van der Waals surface area contributed by atoms with Gasteiger partial charge in [-0.1, -0.05) is 25.7 Å². The molecule has 2 rings (SSSR count). The molecule has 0 spiro atoms. The molecule has 1 aliphatic rings. The fourth-order valence-electron chi connectivity index (χ4n) is 2.57. The minimum Gasteiger partial charge on any atom is -0.377 e. The SMILES string of the molecule is C[Si](C)(C)c1c(F)cc(NC(=O)C(N)C2=CCOCC2)cc1F. The van der Waals surface area contributed by atoms with E-state index >= 15 is 0 Å². The van der Waals surface area contributed by atoms with Gasteiger partial charge in [0.25, 0.3) is 0 Å². The highest BCUT2D eigenvalue weighted by molar-refractivity contribution is 6.88. The maximum atomic E-state index is 14.2. The monoisotopic (exact) mass is 340 g/mol. The fourth-order valence-corrected chi connectivity index (χ4v) is 4.15. The van der Waals surface area contributed by atoms with E-state index in [0.717, 1.165) is 17.7 Å². The van der Waals surface area contributed by atoms with Crippen molar-refractivity contribution in [2.45, 2.75) is 32.1 Å². The number of nitrogens with two attached hydrogens (primary N) is 1. The molecule has 1 heterocycles. The predicted molar refractivity (Wildman–Crippen MR) is 89.5 cm³/mol. The molecule has 0 radical (unpaired) electrons. The number of hydrogen-bond acceptors (Lipinski definition) is 3. The van der Waals surface area contributed by atoms with Gasteiger partial charge in [0, 0.05) is 10.9 Å². The molecule has 0 bridgehead atoms. The Morgan fingerprint density at radius 2 is 1.91 bits per heavy atom. The van der Waals surface area contributed by atoms with Crippen LogP contribution in [-0.4, -0.2) is 33.2 Å². The molecule has 0 aliphatic carbocycles. The Morgan fingerprint density at radius 3 is 2.39 bits per heavy atom. The van der Waals surface area contributed by atoms with Gasteiger partial charge in [0.15, 0.2) is 0 Å². The largest absolute Gasteiger partial charge is 0.377 e. The Kier molecular flexibility index (Phi) is 5.33. The van der Waals surface area contributed by atoms with Gasteiger partial charge in [-0.15, -0.1) is 0 Å². The minimum absolute atomic E-state index is 0.0788. The van der Waals surface area contributed by atoms with Gasteiger partial charge in [0.2, 0.25) is 5.91 Å². The Labute approximate surface area is 135 Å². The fraction of sp³-hybridized carbons (Fsp3) is 0.438. The Bertz CT molecular complexity index is 618. The number of nitrogens with one attached hydrogen (secondary N) is 1. The van der Waals surface area contributed by atoms with Crippen LogP contribution in [-0.2, 0) is 9.53 Å². The van der Waals surface area contributed by atoms with Crippen LogP contribution in [0.15, 0.2) is 23.8 Å². The lowest BCUT2D eigenvalue weighted by molar-refractivity contribution is -0.116. The maximum absolute atomic E-state index is 14.2. The van der Waals surface area contributed by atoms with Crippen LogP contribution in [0.25, 0.3) is 0 Å². The van der Waals surface area contributed by atoms with Crippen molar-refractivity contribution in [3.63, 3.8) is 0 Å².